The first-order valence-electron chi connectivity index (χ1n) is 7.19. The molecular weight excluding hydrogens is 232 g/mol. The van der Waals surface area contributed by atoms with Crippen molar-refractivity contribution in [3.8, 4) is 11.5 Å². The van der Waals surface area contributed by atoms with Gasteiger partial charge in [-0.1, -0.05) is 49.7 Å². The normalized spacial score (nSPS) is 22.7. The zero-order valence-corrected chi connectivity index (χ0v) is 11.2. The van der Waals surface area contributed by atoms with Crippen molar-refractivity contribution < 1.29 is 4.74 Å². The number of hydrogen-bond donors (Lipinski definition) is 0. The van der Waals surface area contributed by atoms with E-state index < -0.39 is 0 Å². The number of hydrogen-bond acceptors (Lipinski definition) is 1. The lowest BCUT2D eigenvalue weighted by molar-refractivity contribution is 0.340. The highest BCUT2D eigenvalue weighted by molar-refractivity contribution is 5.58. The minimum atomic E-state index is 0.172. The molecule has 2 aliphatic rings. The van der Waals surface area contributed by atoms with Gasteiger partial charge in [0.1, 0.15) is 11.5 Å². The van der Waals surface area contributed by atoms with E-state index in [-0.39, 0.29) is 5.41 Å². The van der Waals surface area contributed by atoms with Crippen LogP contribution in [0.3, 0.4) is 0 Å². The maximum atomic E-state index is 6.11. The summed E-state index contributed by atoms with van der Waals surface area (Å²) in [6, 6.07) is 17.2. The van der Waals surface area contributed by atoms with Crippen LogP contribution in [-0.2, 0) is 5.41 Å². The van der Waals surface area contributed by atoms with Crippen molar-refractivity contribution in [3.63, 3.8) is 0 Å². The average Bonchev–Trinajstić information content (AvgIpc) is 2.82. The van der Waals surface area contributed by atoms with E-state index in [1.54, 1.807) is 0 Å². The van der Waals surface area contributed by atoms with E-state index in [1.807, 2.05) is 0 Å². The molecule has 1 atom stereocenters. The van der Waals surface area contributed by atoms with E-state index in [4.69, 9.17) is 4.74 Å². The van der Waals surface area contributed by atoms with Crippen LogP contribution in [0.2, 0.25) is 0 Å². The minimum absolute atomic E-state index is 0.172. The minimum Gasteiger partial charge on any atom is -0.457 e. The van der Waals surface area contributed by atoms with Crippen molar-refractivity contribution in [2.75, 3.05) is 0 Å². The summed E-state index contributed by atoms with van der Waals surface area (Å²) in [5.41, 5.74) is 2.95. The number of fused-ring (bicyclic) bond motifs is 4. The fraction of sp³-hybridized carbons (Fsp3) is 0.333. The fourth-order valence-electron chi connectivity index (χ4n) is 4.09. The quantitative estimate of drug-likeness (QED) is 0.646. The van der Waals surface area contributed by atoms with Crippen molar-refractivity contribution in [1.82, 2.24) is 0 Å². The molecule has 0 saturated heterocycles. The Morgan fingerprint density at radius 3 is 2.05 bits per heavy atom. The predicted octanol–water partition coefficient (Wildman–Crippen LogP) is 4.90. The summed E-state index contributed by atoms with van der Waals surface area (Å²) in [5.74, 6) is 2.78. The first kappa shape index (κ1) is 11.1. The topological polar surface area (TPSA) is 9.23 Å². The van der Waals surface area contributed by atoms with Crippen LogP contribution in [0.15, 0.2) is 48.5 Å². The van der Waals surface area contributed by atoms with Crippen LogP contribution in [0.5, 0.6) is 11.5 Å². The van der Waals surface area contributed by atoms with Gasteiger partial charge in [0.05, 0.1) is 0 Å². The van der Waals surface area contributed by atoms with Crippen molar-refractivity contribution in [1.29, 1.82) is 0 Å². The van der Waals surface area contributed by atoms with E-state index in [9.17, 15) is 0 Å². The second-order valence-corrected chi connectivity index (χ2v) is 5.86. The zero-order chi connectivity index (χ0) is 12.9. The molecule has 2 aromatic rings. The Hall–Kier alpha value is -1.76. The Labute approximate surface area is 114 Å². The molecule has 0 amide bonds. The van der Waals surface area contributed by atoms with Crippen molar-refractivity contribution in [2.45, 2.75) is 31.6 Å². The maximum Gasteiger partial charge on any atom is 0.131 e. The van der Waals surface area contributed by atoms with Crippen LogP contribution >= 0.6 is 0 Å². The van der Waals surface area contributed by atoms with Crippen LogP contribution in [0.4, 0.5) is 0 Å². The first-order chi connectivity index (χ1) is 9.32. The molecule has 1 heteroatoms. The second-order valence-electron chi connectivity index (χ2n) is 5.86. The lowest BCUT2D eigenvalue weighted by Crippen LogP contribution is -2.33. The van der Waals surface area contributed by atoms with Gasteiger partial charge in [-0.15, -0.1) is 0 Å². The molecule has 1 spiro atoms. The SMILES string of the molecule is CC1CCCC12c1ccccc1Oc1ccccc12. The van der Waals surface area contributed by atoms with Crippen molar-refractivity contribution in [3.05, 3.63) is 59.7 Å². The summed E-state index contributed by atoms with van der Waals surface area (Å²) in [4.78, 5) is 0. The Kier molecular flexibility index (Phi) is 2.26. The van der Waals surface area contributed by atoms with Crippen molar-refractivity contribution >= 4 is 0 Å². The molecule has 0 N–H and O–H groups in total. The zero-order valence-electron chi connectivity index (χ0n) is 11.2. The van der Waals surface area contributed by atoms with Gasteiger partial charge in [0.2, 0.25) is 0 Å². The molecule has 19 heavy (non-hydrogen) atoms. The largest absolute Gasteiger partial charge is 0.457 e. The molecule has 1 aliphatic heterocycles. The monoisotopic (exact) mass is 250 g/mol. The maximum absolute atomic E-state index is 6.11. The predicted molar refractivity (Wildman–Crippen MR) is 76.8 cm³/mol. The standard InChI is InChI=1S/C18H18O/c1-13-7-6-12-18(13)14-8-2-4-10-16(14)19-17-11-5-3-9-15(17)18/h2-5,8-11,13H,6-7,12H2,1H3. The molecular formula is C18H18O. The molecule has 1 heterocycles. The molecule has 4 rings (SSSR count). The van der Waals surface area contributed by atoms with Gasteiger partial charge in [0, 0.05) is 16.5 Å². The van der Waals surface area contributed by atoms with Gasteiger partial charge in [-0.05, 0) is 30.9 Å². The Morgan fingerprint density at radius 2 is 1.53 bits per heavy atom. The lowest BCUT2D eigenvalue weighted by atomic mass is 9.66. The highest BCUT2D eigenvalue weighted by Crippen LogP contribution is 2.58. The van der Waals surface area contributed by atoms with Crippen molar-refractivity contribution in [2.24, 2.45) is 5.92 Å². The molecule has 0 aromatic heterocycles. The summed E-state index contributed by atoms with van der Waals surface area (Å²) in [7, 11) is 0. The van der Waals surface area contributed by atoms with Crippen LogP contribution < -0.4 is 4.74 Å². The molecule has 96 valence electrons. The van der Waals surface area contributed by atoms with Crippen LogP contribution in [0.25, 0.3) is 0 Å². The number of ether oxygens (including phenoxy) is 1. The van der Waals surface area contributed by atoms with E-state index in [2.05, 4.69) is 55.5 Å². The number of benzene rings is 2. The smallest absolute Gasteiger partial charge is 0.131 e. The lowest BCUT2D eigenvalue weighted by Gasteiger charge is -2.40. The molecule has 2 aromatic carbocycles. The Bertz CT molecular complexity index is 584. The van der Waals surface area contributed by atoms with Gasteiger partial charge in [-0.3, -0.25) is 0 Å². The van der Waals surface area contributed by atoms with Gasteiger partial charge >= 0.3 is 0 Å². The molecule has 1 saturated carbocycles. The van der Waals surface area contributed by atoms with Gasteiger partial charge in [-0.2, -0.15) is 0 Å². The molecule has 0 radical (unpaired) electrons. The average molecular weight is 250 g/mol. The number of rotatable bonds is 0. The van der Waals surface area contributed by atoms with Gasteiger partial charge < -0.3 is 4.74 Å². The summed E-state index contributed by atoms with van der Waals surface area (Å²) < 4.78 is 6.11. The molecule has 1 aliphatic carbocycles. The molecule has 1 unspecified atom stereocenters. The molecule has 1 fully saturated rings. The highest BCUT2D eigenvalue weighted by Gasteiger charge is 2.48. The van der Waals surface area contributed by atoms with Gasteiger partial charge in [0.15, 0.2) is 0 Å². The Morgan fingerprint density at radius 1 is 0.947 bits per heavy atom. The summed E-state index contributed by atoms with van der Waals surface area (Å²) in [5, 5.41) is 0. The van der Waals surface area contributed by atoms with Crippen LogP contribution in [0.1, 0.15) is 37.3 Å². The summed E-state index contributed by atoms with van der Waals surface area (Å²) >= 11 is 0. The molecule has 0 bridgehead atoms. The second kappa shape index (κ2) is 3.86. The number of para-hydroxylation sites is 2. The third kappa shape index (κ3) is 1.36. The van der Waals surface area contributed by atoms with Gasteiger partial charge in [-0.25, -0.2) is 0 Å². The summed E-state index contributed by atoms with van der Waals surface area (Å²) in [6.07, 6.45) is 3.86. The van der Waals surface area contributed by atoms with E-state index in [1.165, 1.54) is 30.4 Å². The highest BCUT2D eigenvalue weighted by atomic mass is 16.5. The van der Waals surface area contributed by atoms with E-state index >= 15 is 0 Å². The third-order valence-electron chi connectivity index (χ3n) is 5.00. The van der Waals surface area contributed by atoms with E-state index in [0.717, 1.165) is 11.5 Å². The third-order valence-corrected chi connectivity index (χ3v) is 5.00. The summed E-state index contributed by atoms with van der Waals surface area (Å²) in [6.45, 7) is 2.39. The fourth-order valence-corrected chi connectivity index (χ4v) is 4.09. The molecule has 1 nitrogen and oxygen atoms in total. The van der Waals surface area contributed by atoms with Crippen LogP contribution in [0, 0.1) is 5.92 Å². The Balaban J connectivity index is 2.04. The van der Waals surface area contributed by atoms with E-state index in [0.29, 0.717) is 5.92 Å². The first-order valence-corrected chi connectivity index (χ1v) is 7.19. The van der Waals surface area contributed by atoms with Crippen LogP contribution in [-0.4, -0.2) is 0 Å². The van der Waals surface area contributed by atoms with Gasteiger partial charge in [0.25, 0.3) is 0 Å².